The quantitative estimate of drug-likeness (QED) is 0.523. The van der Waals surface area contributed by atoms with Gasteiger partial charge in [0.1, 0.15) is 5.69 Å². The number of aryl methyl sites for hydroxylation is 2. The molecule has 0 spiro atoms. The van der Waals surface area contributed by atoms with Gasteiger partial charge in [0.05, 0.1) is 5.52 Å². The van der Waals surface area contributed by atoms with Crippen molar-refractivity contribution in [2.75, 3.05) is 5.75 Å². The highest BCUT2D eigenvalue weighted by Crippen LogP contribution is 2.21. The maximum absolute atomic E-state index is 4.74. The molecule has 1 aromatic carbocycles. The van der Waals surface area contributed by atoms with Crippen LogP contribution >= 0.6 is 11.8 Å². The topological polar surface area (TPSA) is 48.5 Å². The third-order valence-corrected chi connectivity index (χ3v) is 4.92. The summed E-state index contributed by atoms with van der Waals surface area (Å²) >= 11 is 1.74. The summed E-state index contributed by atoms with van der Waals surface area (Å²) in [5.74, 6) is 1.84. The van der Waals surface area contributed by atoms with Crippen LogP contribution in [0.25, 0.3) is 22.4 Å². The van der Waals surface area contributed by atoms with Crippen LogP contribution in [0.1, 0.15) is 0 Å². The second-order valence-electron chi connectivity index (χ2n) is 5.50. The molecule has 4 aromatic rings. The largest absolute Gasteiger partial charge is 0.329 e. The lowest BCUT2D eigenvalue weighted by Crippen LogP contribution is -2.03. The summed E-state index contributed by atoms with van der Waals surface area (Å²) in [5.41, 5.74) is 1.90. The SMILES string of the molecule is Cn1ccnc1SCCn1ccnc1-c1ccc2ccccc2n1. The fourth-order valence-electron chi connectivity index (χ4n) is 2.64. The molecule has 0 bridgehead atoms. The molecule has 0 atom stereocenters. The smallest absolute Gasteiger partial charge is 0.167 e. The molecule has 3 heterocycles. The Labute approximate surface area is 144 Å². The number of imidazole rings is 2. The number of thioether (sulfide) groups is 1. The summed E-state index contributed by atoms with van der Waals surface area (Å²) in [6, 6.07) is 12.3. The van der Waals surface area contributed by atoms with Crippen LogP contribution in [0.4, 0.5) is 0 Å². The van der Waals surface area contributed by atoms with E-state index in [1.165, 1.54) is 0 Å². The number of aromatic nitrogens is 5. The highest BCUT2D eigenvalue weighted by molar-refractivity contribution is 7.99. The molecular formula is C18H17N5S. The van der Waals surface area contributed by atoms with E-state index in [-0.39, 0.29) is 0 Å². The fourth-order valence-corrected chi connectivity index (χ4v) is 3.51. The van der Waals surface area contributed by atoms with Crippen molar-refractivity contribution in [1.29, 1.82) is 0 Å². The first-order valence-electron chi connectivity index (χ1n) is 7.79. The summed E-state index contributed by atoms with van der Waals surface area (Å²) in [6.07, 6.45) is 7.62. The van der Waals surface area contributed by atoms with Crippen LogP contribution in [0.15, 0.2) is 66.3 Å². The van der Waals surface area contributed by atoms with Gasteiger partial charge in [0.25, 0.3) is 0 Å². The standard InChI is InChI=1S/C18H17N5S/c1-22-10-8-20-18(22)24-13-12-23-11-9-19-17(23)16-7-6-14-4-2-3-5-15(14)21-16/h2-11H,12-13H2,1H3. The first-order chi connectivity index (χ1) is 11.8. The number of hydrogen-bond acceptors (Lipinski definition) is 4. The van der Waals surface area contributed by atoms with Gasteiger partial charge in [-0.3, -0.25) is 0 Å². The summed E-state index contributed by atoms with van der Waals surface area (Å²) in [4.78, 5) is 13.6. The molecule has 24 heavy (non-hydrogen) atoms. The third kappa shape index (κ3) is 2.92. The van der Waals surface area contributed by atoms with Crippen LogP contribution in [0, 0.1) is 0 Å². The predicted molar refractivity (Wildman–Crippen MR) is 96.9 cm³/mol. The van der Waals surface area contributed by atoms with E-state index >= 15 is 0 Å². The van der Waals surface area contributed by atoms with Crippen LogP contribution in [0.3, 0.4) is 0 Å². The summed E-state index contributed by atoms with van der Waals surface area (Å²) in [7, 11) is 2.01. The summed E-state index contributed by atoms with van der Waals surface area (Å²) in [5, 5.41) is 2.17. The van der Waals surface area contributed by atoms with Gasteiger partial charge in [0.2, 0.25) is 0 Å². The Morgan fingerprint density at radius 1 is 1.00 bits per heavy atom. The number of pyridine rings is 1. The van der Waals surface area contributed by atoms with E-state index in [4.69, 9.17) is 4.98 Å². The number of benzene rings is 1. The maximum Gasteiger partial charge on any atom is 0.167 e. The molecule has 0 aliphatic rings. The van der Waals surface area contributed by atoms with Crippen LogP contribution in [-0.2, 0) is 13.6 Å². The van der Waals surface area contributed by atoms with Gasteiger partial charge in [-0.2, -0.15) is 0 Å². The fraction of sp³-hybridized carbons (Fsp3) is 0.167. The van der Waals surface area contributed by atoms with E-state index in [2.05, 4.69) is 26.7 Å². The molecule has 0 saturated heterocycles. The van der Waals surface area contributed by atoms with Crippen molar-refractivity contribution in [1.82, 2.24) is 24.1 Å². The molecule has 120 valence electrons. The Balaban J connectivity index is 1.54. The minimum absolute atomic E-state index is 0.862. The highest BCUT2D eigenvalue weighted by atomic mass is 32.2. The van der Waals surface area contributed by atoms with Crippen molar-refractivity contribution in [3.8, 4) is 11.5 Å². The zero-order valence-electron chi connectivity index (χ0n) is 13.3. The van der Waals surface area contributed by atoms with Gasteiger partial charge in [-0.1, -0.05) is 36.0 Å². The van der Waals surface area contributed by atoms with Gasteiger partial charge in [0, 0.05) is 49.5 Å². The molecule has 0 N–H and O–H groups in total. The molecule has 3 aromatic heterocycles. The number of fused-ring (bicyclic) bond motifs is 1. The van der Waals surface area contributed by atoms with Crippen molar-refractivity contribution >= 4 is 22.7 Å². The molecule has 0 saturated carbocycles. The van der Waals surface area contributed by atoms with E-state index < -0.39 is 0 Å². The van der Waals surface area contributed by atoms with Gasteiger partial charge in [-0.05, 0) is 12.1 Å². The van der Waals surface area contributed by atoms with Crippen molar-refractivity contribution in [2.45, 2.75) is 11.7 Å². The molecule has 0 radical (unpaired) electrons. The second kappa shape index (κ2) is 6.49. The van der Waals surface area contributed by atoms with Gasteiger partial charge < -0.3 is 9.13 Å². The molecule has 5 nitrogen and oxygen atoms in total. The zero-order chi connectivity index (χ0) is 16.4. The number of rotatable bonds is 5. The predicted octanol–water partition coefficient (Wildman–Crippen LogP) is 3.62. The lowest BCUT2D eigenvalue weighted by atomic mass is 10.2. The molecular weight excluding hydrogens is 318 g/mol. The lowest BCUT2D eigenvalue weighted by molar-refractivity contribution is 0.763. The lowest BCUT2D eigenvalue weighted by Gasteiger charge is -2.08. The average Bonchev–Trinajstić information content (AvgIpc) is 3.24. The second-order valence-corrected chi connectivity index (χ2v) is 6.56. The summed E-state index contributed by atoms with van der Waals surface area (Å²) < 4.78 is 4.18. The van der Waals surface area contributed by atoms with Crippen LogP contribution < -0.4 is 0 Å². The molecule has 0 aliphatic carbocycles. The summed E-state index contributed by atoms with van der Waals surface area (Å²) in [6.45, 7) is 0.862. The molecule has 0 fully saturated rings. The zero-order valence-corrected chi connectivity index (χ0v) is 14.1. The van der Waals surface area contributed by atoms with Crippen LogP contribution in [-0.4, -0.2) is 29.8 Å². The highest BCUT2D eigenvalue weighted by Gasteiger charge is 2.09. The Hall–Kier alpha value is -2.60. The molecule has 0 amide bonds. The van der Waals surface area contributed by atoms with E-state index in [0.29, 0.717) is 0 Å². The van der Waals surface area contributed by atoms with Gasteiger partial charge in [0.15, 0.2) is 11.0 Å². The van der Waals surface area contributed by atoms with Crippen molar-refractivity contribution in [3.05, 3.63) is 61.2 Å². The van der Waals surface area contributed by atoms with Crippen LogP contribution in [0.2, 0.25) is 0 Å². The first-order valence-corrected chi connectivity index (χ1v) is 8.77. The molecule has 6 heteroatoms. The number of para-hydroxylation sites is 1. The Bertz CT molecular complexity index is 972. The van der Waals surface area contributed by atoms with Crippen LogP contribution in [0.5, 0.6) is 0 Å². The van der Waals surface area contributed by atoms with Crippen molar-refractivity contribution in [3.63, 3.8) is 0 Å². The Morgan fingerprint density at radius 2 is 1.88 bits per heavy atom. The van der Waals surface area contributed by atoms with Gasteiger partial charge in [-0.25, -0.2) is 15.0 Å². The van der Waals surface area contributed by atoms with Crippen molar-refractivity contribution < 1.29 is 0 Å². The average molecular weight is 335 g/mol. The van der Waals surface area contributed by atoms with E-state index in [9.17, 15) is 0 Å². The van der Waals surface area contributed by atoms with Crippen molar-refractivity contribution in [2.24, 2.45) is 7.05 Å². The third-order valence-electron chi connectivity index (χ3n) is 3.88. The number of hydrogen-bond donors (Lipinski definition) is 0. The minimum atomic E-state index is 0.862. The van der Waals surface area contributed by atoms with E-state index in [1.54, 1.807) is 11.8 Å². The van der Waals surface area contributed by atoms with Gasteiger partial charge in [-0.15, -0.1) is 0 Å². The molecule has 0 unspecified atom stereocenters. The number of nitrogens with zero attached hydrogens (tertiary/aromatic N) is 5. The van der Waals surface area contributed by atoms with Gasteiger partial charge >= 0.3 is 0 Å². The Kier molecular flexibility index (Phi) is 4.04. The molecule has 4 rings (SSSR count). The maximum atomic E-state index is 4.74. The van der Waals surface area contributed by atoms with E-state index in [0.717, 1.165) is 39.9 Å². The van der Waals surface area contributed by atoms with E-state index in [1.807, 2.05) is 60.7 Å². The molecule has 0 aliphatic heterocycles. The normalized spacial score (nSPS) is 11.2. The monoisotopic (exact) mass is 335 g/mol. The minimum Gasteiger partial charge on any atom is -0.329 e. The Morgan fingerprint density at radius 3 is 2.75 bits per heavy atom. The first kappa shape index (κ1) is 15.0.